The zero-order chi connectivity index (χ0) is 30.3. The van der Waals surface area contributed by atoms with Crippen LogP contribution < -0.4 is 15.5 Å². The molecule has 13 heteroatoms. The lowest BCUT2D eigenvalue weighted by atomic mass is 9.77. The fourth-order valence-corrected chi connectivity index (χ4v) is 5.35. The van der Waals surface area contributed by atoms with Gasteiger partial charge in [0.25, 0.3) is 18.2 Å². The minimum atomic E-state index is -4.52. The number of benzene rings is 2. The number of anilines is 2. The van der Waals surface area contributed by atoms with Crippen molar-refractivity contribution in [2.45, 2.75) is 52.3 Å². The van der Waals surface area contributed by atoms with Gasteiger partial charge in [0, 0.05) is 34.8 Å². The van der Waals surface area contributed by atoms with Crippen LogP contribution in [0.5, 0.6) is 0 Å². The van der Waals surface area contributed by atoms with Gasteiger partial charge in [0.1, 0.15) is 15.6 Å². The number of nitrogens with one attached hydrogen (secondary N) is 2. The highest BCUT2D eigenvalue weighted by molar-refractivity contribution is 7.14. The van der Waals surface area contributed by atoms with E-state index in [-0.39, 0.29) is 51.7 Å². The molecule has 0 bridgehead atoms. The van der Waals surface area contributed by atoms with E-state index in [0.29, 0.717) is 5.56 Å². The highest BCUT2D eigenvalue weighted by atomic mass is 32.1. The maximum atomic E-state index is 13.7. The van der Waals surface area contributed by atoms with Crippen molar-refractivity contribution in [2.24, 2.45) is 5.92 Å². The Bertz CT molecular complexity index is 1480. The maximum absolute atomic E-state index is 13.7. The normalized spacial score (nSPS) is 14.8. The van der Waals surface area contributed by atoms with E-state index in [1.54, 1.807) is 26.0 Å². The summed E-state index contributed by atoms with van der Waals surface area (Å²) in [5.41, 5.74) is -0.830. The number of carbonyl (C=O) groups excluding carboxylic acids is 3. The van der Waals surface area contributed by atoms with Gasteiger partial charge in [-0.1, -0.05) is 33.8 Å². The Kier molecular flexibility index (Phi) is 8.21. The van der Waals surface area contributed by atoms with Gasteiger partial charge in [0.05, 0.1) is 12.1 Å². The summed E-state index contributed by atoms with van der Waals surface area (Å²) in [6.07, 6.45) is -7.56. The number of aromatic nitrogens is 1. The van der Waals surface area contributed by atoms with Gasteiger partial charge in [-0.3, -0.25) is 14.4 Å². The zero-order valence-corrected chi connectivity index (χ0v) is 23.3. The number of hydrogen-bond acceptors (Lipinski definition) is 5. The van der Waals surface area contributed by atoms with Crippen molar-refractivity contribution in [2.75, 3.05) is 16.8 Å². The molecule has 0 saturated carbocycles. The van der Waals surface area contributed by atoms with E-state index in [0.717, 1.165) is 23.5 Å². The van der Waals surface area contributed by atoms with Crippen LogP contribution in [0.2, 0.25) is 0 Å². The Morgan fingerprint density at radius 3 is 2.34 bits per heavy atom. The second-order valence-corrected chi connectivity index (χ2v) is 11.6. The van der Waals surface area contributed by atoms with Crippen molar-refractivity contribution in [1.29, 1.82) is 0 Å². The minimum Gasteiger partial charge on any atom is -0.349 e. The van der Waals surface area contributed by atoms with E-state index in [1.807, 2.05) is 13.8 Å². The highest BCUT2D eigenvalue weighted by Crippen LogP contribution is 2.38. The second-order valence-electron chi connectivity index (χ2n) is 10.5. The molecule has 1 aliphatic rings. The molecule has 3 aromatic rings. The molecule has 0 saturated heterocycles. The third-order valence-electron chi connectivity index (χ3n) is 6.59. The van der Waals surface area contributed by atoms with Gasteiger partial charge < -0.3 is 15.5 Å². The standard InChI is InChI=1S/C28H27F5N4O3S/c1-14(2)24(38)34-12-20-36-21(23(29)30)22(41-20)25(39)35-16-7-10-19-18(11-16)26(40)37(13-27(19,3)4)17-8-5-15(6-9-17)28(31,32)33/h5-11,14,23H,12-13H2,1-4H3,(H,34,38)(H,35,39). The predicted octanol–water partition coefficient (Wildman–Crippen LogP) is 6.56. The Labute approximate surface area is 236 Å². The van der Waals surface area contributed by atoms with E-state index in [4.69, 9.17) is 0 Å². The molecule has 0 aliphatic carbocycles. The topological polar surface area (TPSA) is 91.4 Å². The van der Waals surface area contributed by atoms with Crippen LogP contribution in [0.25, 0.3) is 0 Å². The molecule has 7 nitrogen and oxygen atoms in total. The lowest BCUT2D eigenvalue weighted by molar-refractivity contribution is -0.137. The third-order valence-corrected chi connectivity index (χ3v) is 7.66. The molecule has 0 unspecified atom stereocenters. The fourth-order valence-electron chi connectivity index (χ4n) is 4.44. The SMILES string of the molecule is CC(C)C(=O)NCc1nc(C(F)F)c(C(=O)Nc2ccc3c(c2)C(=O)N(c2ccc(C(F)(F)F)cc2)CC3(C)C)s1. The number of rotatable bonds is 7. The molecule has 0 spiro atoms. The van der Waals surface area contributed by atoms with Crippen LogP contribution in [0.4, 0.5) is 33.3 Å². The number of thiazole rings is 1. The summed E-state index contributed by atoms with van der Waals surface area (Å²) in [6, 6.07) is 8.88. The molecule has 0 atom stereocenters. The molecular formula is C28H27F5N4O3S. The van der Waals surface area contributed by atoms with Crippen LogP contribution in [0.1, 0.15) is 76.0 Å². The molecule has 0 fully saturated rings. The number of fused-ring (bicyclic) bond motifs is 1. The smallest absolute Gasteiger partial charge is 0.349 e. The van der Waals surface area contributed by atoms with Gasteiger partial charge in [-0.05, 0) is 42.0 Å². The van der Waals surface area contributed by atoms with Crippen molar-refractivity contribution in [3.63, 3.8) is 0 Å². The first-order valence-electron chi connectivity index (χ1n) is 12.6. The molecular weight excluding hydrogens is 567 g/mol. The van der Waals surface area contributed by atoms with Gasteiger partial charge in [-0.15, -0.1) is 11.3 Å². The summed E-state index contributed by atoms with van der Waals surface area (Å²) in [5.74, 6) is -1.96. The number of halogens is 5. The second kappa shape index (κ2) is 11.2. The number of nitrogens with zero attached hydrogens (tertiary/aromatic N) is 2. The van der Waals surface area contributed by atoms with Gasteiger partial charge in [0.2, 0.25) is 5.91 Å². The fraction of sp³-hybridized carbons (Fsp3) is 0.357. The quantitative estimate of drug-likeness (QED) is 0.303. The number of hydrogen-bond donors (Lipinski definition) is 2. The molecule has 2 aromatic carbocycles. The number of alkyl halides is 5. The largest absolute Gasteiger partial charge is 0.416 e. The van der Waals surface area contributed by atoms with Gasteiger partial charge in [-0.25, -0.2) is 13.8 Å². The highest BCUT2D eigenvalue weighted by Gasteiger charge is 2.38. The van der Waals surface area contributed by atoms with Crippen molar-refractivity contribution < 1.29 is 36.3 Å². The van der Waals surface area contributed by atoms with Crippen LogP contribution in [-0.2, 0) is 22.9 Å². The number of carbonyl (C=O) groups is 3. The number of amides is 3. The molecule has 2 N–H and O–H groups in total. The van der Waals surface area contributed by atoms with Crippen LogP contribution >= 0.6 is 11.3 Å². The van der Waals surface area contributed by atoms with Crippen molar-refractivity contribution >= 4 is 40.4 Å². The van der Waals surface area contributed by atoms with Crippen molar-refractivity contribution in [3.05, 3.63) is 74.7 Å². The van der Waals surface area contributed by atoms with E-state index in [2.05, 4.69) is 15.6 Å². The lowest BCUT2D eigenvalue weighted by Crippen LogP contribution is -2.47. The third kappa shape index (κ3) is 6.39. The summed E-state index contributed by atoms with van der Waals surface area (Å²) in [7, 11) is 0. The Morgan fingerprint density at radius 2 is 1.76 bits per heavy atom. The van der Waals surface area contributed by atoms with Crippen LogP contribution in [0.3, 0.4) is 0 Å². The van der Waals surface area contributed by atoms with Gasteiger partial charge >= 0.3 is 6.18 Å². The Morgan fingerprint density at radius 1 is 1.10 bits per heavy atom. The zero-order valence-electron chi connectivity index (χ0n) is 22.5. The summed E-state index contributed by atoms with van der Waals surface area (Å²) in [5, 5.41) is 5.25. The summed E-state index contributed by atoms with van der Waals surface area (Å²) < 4.78 is 66.4. The van der Waals surface area contributed by atoms with Crippen LogP contribution in [0.15, 0.2) is 42.5 Å². The molecule has 1 aromatic heterocycles. The van der Waals surface area contributed by atoms with E-state index in [9.17, 15) is 36.3 Å². The monoisotopic (exact) mass is 594 g/mol. The van der Waals surface area contributed by atoms with Crippen molar-refractivity contribution in [1.82, 2.24) is 10.3 Å². The van der Waals surface area contributed by atoms with Gasteiger partial charge in [-0.2, -0.15) is 13.2 Å². The molecule has 2 heterocycles. The lowest BCUT2D eigenvalue weighted by Gasteiger charge is -2.39. The van der Waals surface area contributed by atoms with Gasteiger partial charge in [0.15, 0.2) is 0 Å². The average molecular weight is 595 g/mol. The van der Waals surface area contributed by atoms with Crippen LogP contribution in [-0.4, -0.2) is 29.3 Å². The molecule has 1 aliphatic heterocycles. The summed E-state index contributed by atoms with van der Waals surface area (Å²) in [6.45, 7) is 7.18. The first-order valence-corrected chi connectivity index (χ1v) is 13.4. The van der Waals surface area contributed by atoms with Crippen LogP contribution in [0, 0.1) is 5.92 Å². The first-order chi connectivity index (χ1) is 19.1. The van der Waals surface area contributed by atoms with E-state index in [1.165, 1.54) is 23.1 Å². The molecule has 0 radical (unpaired) electrons. The average Bonchev–Trinajstić information content (AvgIpc) is 3.34. The molecule has 4 rings (SSSR count). The summed E-state index contributed by atoms with van der Waals surface area (Å²) in [4.78, 5) is 43.2. The molecule has 218 valence electrons. The predicted molar refractivity (Wildman–Crippen MR) is 144 cm³/mol. The first kappa shape index (κ1) is 30.1. The summed E-state index contributed by atoms with van der Waals surface area (Å²) >= 11 is 0.725. The van der Waals surface area contributed by atoms with E-state index >= 15 is 0 Å². The molecule has 3 amide bonds. The minimum absolute atomic E-state index is 0.114. The maximum Gasteiger partial charge on any atom is 0.416 e. The Hall–Kier alpha value is -3.87. The Balaban J connectivity index is 1.59. The molecule has 41 heavy (non-hydrogen) atoms. The van der Waals surface area contributed by atoms with E-state index < -0.39 is 41.1 Å². The van der Waals surface area contributed by atoms with Crippen molar-refractivity contribution in [3.8, 4) is 0 Å².